The van der Waals surface area contributed by atoms with Crippen molar-refractivity contribution in [2.24, 2.45) is 4.99 Å². The molecule has 1 aromatic carbocycles. The van der Waals surface area contributed by atoms with Crippen LogP contribution in [-0.2, 0) is 11.3 Å². The average molecular weight is 358 g/mol. The van der Waals surface area contributed by atoms with Crippen LogP contribution < -0.4 is 20.7 Å². The lowest BCUT2D eigenvalue weighted by Crippen LogP contribution is -2.45. The standard InChI is InChI=1S/C20H30N4O2/c1-3-13-26-18-12-8-7-9-16(18)14-22-20(21-2)23-15-19(25)24-17-10-5-4-6-11-17/h3,7-9,12,17H,1,4-6,10-11,13-15H2,2H3,(H,24,25)(H2,21,22,23). The lowest BCUT2D eigenvalue weighted by Gasteiger charge is -2.23. The Morgan fingerprint density at radius 1 is 1.27 bits per heavy atom. The van der Waals surface area contributed by atoms with Crippen LogP contribution in [0, 0.1) is 0 Å². The van der Waals surface area contributed by atoms with Gasteiger partial charge in [-0.1, -0.05) is 50.1 Å². The molecule has 1 saturated carbocycles. The van der Waals surface area contributed by atoms with Gasteiger partial charge in [0, 0.05) is 25.2 Å². The highest BCUT2D eigenvalue weighted by Crippen LogP contribution is 2.18. The van der Waals surface area contributed by atoms with Crippen LogP contribution >= 0.6 is 0 Å². The van der Waals surface area contributed by atoms with E-state index in [1.807, 2.05) is 24.3 Å². The van der Waals surface area contributed by atoms with Crippen molar-refractivity contribution in [1.82, 2.24) is 16.0 Å². The van der Waals surface area contributed by atoms with Crippen molar-refractivity contribution in [2.45, 2.75) is 44.7 Å². The minimum atomic E-state index is 0.00886. The highest BCUT2D eigenvalue weighted by Gasteiger charge is 2.15. The quantitative estimate of drug-likeness (QED) is 0.379. The van der Waals surface area contributed by atoms with Gasteiger partial charge >= 0.3 is 0 Å². The smallest absolute Gasteiger partial charge is 0.239 e. The van der Waals surface area contributed by atoms with E-state index in [1.165, 1.54) is 19.3 Å². The number of guanidine groups is 1. The topological polar surface area (TPSA) is 74.8 Å². The lowest BCUT2D eigenvalue weighted by molar-refractivity contribution is -0.120. The van der Waals surface area contributed by atoms with E-state index < -0.39 is 0 Å². The van der Waals surface area contributed by atoms with Gasteiger partial charge in [-0.2, -0.15) is 0 Å². The summed E-state index contributed by atoms with van der Waals surface area (Å²) in [5.74, 6) is 1.40. The van der Waals surface area contributed by atoms with E-state index in [-0.39, 0.29) is 12.5 Å². The molecule has 0 heterocycles. The fourth-order valence-corrected chi connectivity index (χ4v) is 3.03. The molecule has 0 bridgehead atoms. The molecule has 0 aliphatic heterocycles. The second-order valence-electron chi connectivity index (χ2n) is 6.39. The molecule has 142 valence electrons. The maximum atomic E-state index is 12.1. The molecule has 1 fully saturated rings. The predicted octanol–water partition coefficient (Wildman–Crippen LogP) is 2.37. The first-order chi connectivity index (χ1) is 12.7. The minimum absolute atomic E-state index is 0.00886. The van der Waals surface area contributed by atoms with Gasteiger partial charge < -0.3 is 20.7 Å². The molecule has 1 aromatic rings. The summed E-state index contributed by atoms with van der Waals surface area (Å²) in [4.78, 5) is 16.3. The molecule has 0 radical (unpaired) electrons. The van der Waals surface area contributed by atoms with E-state index in [0.717, 1.165) is 24.2 Å². The molecule has 6 nitrogen and oxygen atoms in total. The monoisotopic (exact) mass is 358 g/mol. The summed E-state index contributed by atoms with van der Waals surface area (Å²) in [5.41, 5.74) is 1.02. The van der Waals surface area contributed by atoms with Crippen LogP contribution in [-0.4, -0.2) is 38.1 Å². The fraction of sp³-hybridized carbons (Fsp3) is 0.500. The first-order valence-electron chi connectivity index (χ1n) is 9.28. The molecule has 6 heteroatoms. The molecule has 3 N–H and O–H groups in total. The maximum absolute atomic E-state index is 12.1. The van der Waals surface area contributed by atoms with Crippen LogP contribution in [0.25, 0.3) is 0 Å². The largest absolute Gasteiger partial charge is 0.489 e. The summed E-state index contributed by atoms with van der Waals surface area (Å²) in [5, 5.41) is 9.37. The van der Waals surface area contributed by atoms with Crippen molar-refractivity contribution >= 4 is 11.9 Å². The van der Waals surface area contributed by atoms with Crippen LogP contribution in [0.5, 0.6) is 5.75 Å². The van der Waals surface area contributed by atoms with Crippen LogP contribution in [0.1, 0.15) is 37.7 Å². The summed E-state index contributed by atoms with van der Waals surface area (Å²) < 4.78 is 5.65. The van der Waals surface area contributed by atoms with E-state index in [0.29, 0.717) is 25.2 Å². The first-order valence-corrected chi connectivity index (χ1v) is 9.28. The zero-order chi connectivity index (χ0) is 18.6. The van der Waals surface area contributed by atoms with Gasteiger partial charge in [-0.05, 0) is 18.9 Å². The van der Waals surface area contributed by atoms with E-state index in [9.17, 15) is 4.79 Å². The number of hydrogen-bond acceptors (Lipinski definition) is 3. The molecule has 0 unspecified atom stereocenters. The number of carbonyl (C=O) groups excluding carboxylic acids is 1. The number of carbonyl (C=O) groups is 1. The van der Waals surface area contributed by atoms with Gasteiger partial charge in [-0.3, -0.25) is 9.79 Å². The Bertz CT molecular complexity index is 610. The van der Waals surface area contributed by atoms with E-state index in [4.69, 9.17) is 4.74 Å². The van der Waals surface area contributed by atoms with Gasteiger partial charge in [-0.25, -0.2) is 0 Å². The Morgan fingerprint density at radius 2 is 2.04 bits per heavy atom. The third-order valence-corrected chi connectivity index (χ3v) is 4.39. The Balaban J connectivity index is 1.77. The average Bonchev–Trinajstić information content (AvgIpc) is 2.68. The van der Waals surface area contributed by atoms with Crippen LogP contribution in [0.4, 0.5) is 0 Å². The molecule has 1 aliphatic carbocycles. The Labute approximate surface area is 156 Å². The van der Waals surface area contributed by atoms with Gasteiger partial charge in [0.2, 0.25) is 5.91 Å². The van der Waals surface area contributed by atoms with E-state index in [1.54, 1.807) is 13.1 Å². The molecule has 26 heavy (non-hydrogen) atoms. The summed E-state index contributed by atoms with van der Waals surface area (Å²) >= 11 is 0. The summed E-state index contributed by atoms with van der Waals surface area (Å²) in [7, 11) is 1.69. The highest BCUT2D eigenvalue weighted by atomic mass is 16.5. The molecular weight excluding hydrogens is 328 g/mol. The van der Waals surface area contributed by atoms with E-state index >= 15 is 0 Å². The van der Waals surface area contributed by atoms with Crippen molar-refractivity contribution in [3.63, 3.8) is 0 Å². The summed E-state index contributed by atoms with van der Waals surface area (Å²) in [6, 6.07) is 8.14. The normalized spacial score (nSPS) is 15.2. The molecule has 0 aromatic heterocycles. The third-order valence-electron chi connectivity index (χ3n) is 4.39. The second kappa shape index (κ2) is 11.2. The van der Waals surface area contributed by atoms with Crippen LogP contribution in [0.3, 0.4) is 0 Å². The molecule has 0 spiro atoms. The summed E-state index contributed by atoms with van der Waals surface area (Å²) in [6.07, 6.45) is 7.57. The Kier molecular flexibility index (Phi) is 8.52. The number of aliphatic imine (C=N–C) groups is 1. The van der Waals surface area contributed by atoms with Gasteiger partial charge in [0.25, 0.3) is 0 Å². The molecule has 0 saturated heterocycles. The predicted molar refractivity (Wildman–Crippen MR) is 105 cm³/mol. The Morgan fingerprint density at radius 3 is 2.77 bits per heavy atom. The number of hydrogen-bond donors (Lipinski definition) is 3. The first kappa shape index (κ1) is 19.8. The number of nitrogens with one attached hydrogen (secondary N) is 3. The fourth-order valence-electron chi connectivity index (χ4n) is 3.03. The van der Waals surface area contributed by atoms with Crippen LogP contribution in [0.15, 0.2) is 41.9 Å². The number of ether oxygens (including phenoxy) is 1. The zero-order valence-corrected chi connectivity index (χ0v) is 15.6. The SMILES string of the molecule is C=CCOc1ccccc1CNC(=NC)NCC(=O)NC1CCCCC1. The van der Waals surface area contributed by atoms with Crippen molar-refractivity contribution in [3.8, 4) is 5.75 Å². The highest BCUT2D eigenvalue weighted by molar-refractivity contribution is 5.86. The van der Waals surface area contributed by atoms with Crippen molar-refractivity contribution < 1.29 is 9.53 Å². The van der Waals surface area contributed by atoms with Gasteiger partial charge in [0.05, 0.1) is 6.54 Å². The van der Waals surface area contributed by atoms with Crippen molar-refractivity contribution in [2.75, 3.05) is 20.2 Å². The number of benzene rings is 1. The van der Waals surface area contributed by atoms with Gasteiger partial charge in [0.1, 0.15) is 12.4 Å². The minimum Gasteiger partial charge on any atom is -0.489 e. The molecule has 1 amide bonds. The number of amides is 1. The number of rotatable bonds is 8. The number of nitrogens with zero attached hydrogens (tertiary/aromatic N) is 1. The lowest BCUT2D eigenvalue weighted by atomic mass is 9.95. The molecule has 0 atom stereocenters. The molecular formula is C20H30N4O2. The molecule has 2 rings (SSSR count). The van der Waals surface area contributed by atoms with Gasteiger partial charge in [-0.15, -0.1) is 0 Å². The Hall–Kier alpha value is -2.50. The van der Waals surface area contributed by atoms with Crippen molar-refractivity contribution in [1.29, 1.82) is 0 Å². The second-order valence-corrected chi connectivity index (χ2v) is 6.39. The molecule has 1 aliphatic rings. The summed E-state index contributed by atoms with van der Waals surface area (Å²) in [6.45, 7) is 4.90. The number of para-hydroxylation sites is 1. The van der Waals surface area contributed by atoms with Crippen molar-refractivity contribution in [3.05, 3.63) is 42.5 Å². The maximum Gasteiger partial charge on any atom is 0.239 e. The van der Waals surface area contributed by atoms with E-state index in [2.05, 4.69) is 27.5 Å². The third kappa shape index (κ3) is 6.78. The van der Waals surface area contributed by atoms with Crippen LogP contribution in [0.2, 0.25) is 0 Å². The zero-order valence-electron chi connectivity index (χ0n) is 15.6. The van der Waals surface area contributed by atoms with Gasteiger partial charge in [0.15, 0.2) is 5.96 Å².